The number of aryl methyl sites for hydroxylation is 2. The van der Waals surface area contributed by atoms with Crippen LogP contribution in [0.25, 0.3) is 0 Å². The summed E-state index contributed by atoms with van der Waals surface area (Å²) < 4.78 is 31.9. The quantitative estimate of drug-likeness (QED) is 0.253. The number of ether oxygens (including phenoxy) is 6. The van der Waals surface area contributed by atoms with Crippen LogP contribution in [0.2, 0.25) is 0 Å². The minimum atomic E-state index is -0.188. The van der Waals surface area contributed by atoms with E-state index in [1.54, 1.807) is 42.7 Å². The van der Waals surface area contributed by atoms with Gasteiger partial charge in [0.15, 0.2) is 0 Å². The van der Waals surface area contributed by atoms with Crippen LogP contribution >= 0.6 is 0 Å². The van der Waals surface area contributed by atoms with Crippen LogP contribution < -0.4 is 9.47 Å². The number of methoxy groups -OCH3 is 6. The maximum Gasteiger partial charge on any atom is 0.126 e. The first kappa shape index (κ1) is 44.9. The van der Waals surface area contributed by atoms with Gasteiger partial charge in [-0.25, -0.2) is 0 Å². The lowest BCUT2D eigenvalue weighted by Gasteiger charge is -2.30. The predicted molar refractivity (Wildman–Crippen MR) is 200 cm³/mol. The van der Waals surface area contributed by atoms with Crippen molar-refractivity contribution in [2.24, 2.45) is 5.41 Å². The lowest BCUT2D eigenvalue weighted by atomic mass is 9.78. The Morgan fingerprint density at radius 1 is 0.383 bits per heavy atom. The van der Waals surface area contributed by atoms with E-state index in [0.717, 1.165) is 11.5 Å². The summed E-state index contributed by atoms with van der Waals surface area (Å²) in [6.07, 6.45) is 0. The van der Waals surface area contributed by atoms with E-state index in [9.17, 15) is 0 Å². The van der Waals surface area contributed by atoms with Gasteiger partial charge in [-0.05, 0) is 35.5 Å². The van der Waals surface area contributed by atoms with E-state index >= 15 is 0 Å². The van der Waals surface area contributed by atoms with Crippen molar-refractivity contribution < 1.29 is 28.4 Å². The second-order valence-corrected chi connectivity index (χ2v) is 17.0. The van der Waals surface area contributed by atoms with Crippen molar-refractivity contribution in [3.63, 3.8) is 0 Å². The SMILES string of the molecule is COCC(COC)(COC)COC.COc1c(C(C)(C)C)cc(C)cc1C(C)(C)C.COc1c(C(C)(C)C)cc(C)cc1C(C)(C)C. The molecular formula is C41H72O6. The van der Waals surface area contributed by atoms with Crippen molar-refractivity contribution in [3.8, 4) is 11.5 Å². The zero-order valence-electron chi connectivity index (χ0n) is 34.1. The fourth-order valence-electron chi connectivity index (χ4n) is 5.69. The molecule has 0 aliphatic carbocycles. The molecule has 0 atom stereocenters. The molecule has 0 aliphatic heterocycles. The van der Waals surface area contributed by atoms with Crippen molar-refractivity contribution in [2.75, 3.05) is 69.1 Å². The van der Waals surface area contributed by atoms with Crippen LogP contribution in [0, 0.1) is 19.3 Å². The van der Waals surface area contributed by atoms with Crippen molar-refractivity contribution in [1.29, 1.82) is 0 Å². The fraction of sp³-hybridized carbons (Fsp3) is 0.707. The van der Waals surface area contributed by atoms with Gasteiger partial charge in [0, 0.05) is 50.7 Å². The standard InChI is InChI=1S/2C16H26O.C9H20O4/c2*1-11-9-12(15(2,3)4)14(17-8)13(10-11)16(5,6)7;1-10-5-9(6-11-2,7-12-3)8-13-4/h2*9-10H,1-8H3;5-8H2,1-4H3. The van der Waals surface area contributed by atoms with Gasteiger partial charge in [0.1, 0.15) is 11.5 Å². The van der Waals surface area contributed by atoms with E-state index in [-0.39, 0.29) is 27.1 Å². The van der Waals surface area contributed by atoms with E-state index in [2.05, 4.69) is 121 Å². The highest BCUT2D eigenvalue weighted by Gasteiger charge is 2.31. The average Bonchev–Trinajstić information content (AvgIpc) is 2.91. The summed E-state index contributed by atoms with van der Waals surface area (Å²) in [5, 5.41) is 0. The number of hydrogen-bond donors (Lipinski definition) is 0. The molecule has 0 aromatic heterocycles. The Hall–Kier alpha value is -2.12. The smallest absolute Gasteiger partial charge is 0.126 e. The molecule has 6 heteroatoms. The van der Waals surface area contributed by atoms with Gasteiger partial charge in [-0.2, -0.15) is 0 Å². The average molecular weight is 661 g/mol. The number of hydrogen-bond acceptors (Lipinski definition) is 6. The Morgan fingerprint density at radius 2 is 0.574 bits per heavy atom. The molecule has 2 rings (SSSR count). The van der Waals surface area contributed by atoms with Crippen molar-refractivity contribution >= 4 is 0 Å². The summed E-state index contributed by atoms with van der Waals surface area (Å²) in [5.41, 5.74) is 8.04. The topological polar surface area (TPSA) is 55.4 Å². The molecule has 0 bridgehead atoms. The molecule has 272 valence electrons. The third kappa shape index (κ3) is 14.1. The molecule has 0 heterocycles. The molecule has 0 radical (unpaired) electrons. The molecule has 6 nitrogen and oxygen atoms in total. The molecule has 47 heavy (non-hydrogen) atoms. The summed E-state index contributed by atoms with van der Waals surface area (Å²) in [5.74, 6) is 2.10. The lowest BCUT2D eigenvalue weighted by Crippen LogP contribution is -2.40. The van der Waals surface area contributed by atoms with E-state index in [1.807, 2.05) is 0 Å². The molecule has 0 saturated carbocycles. The molecule has 0 unspecified atom stereocenters. The normalized spacial score (nSPS) is 12.5. The van der Waals surface area contributed by atoms with Crippen LogP contribution in [0.15, 0.2) is 24.3 Å². The molecule has 0 fully saturated rings. The van der Waals surface area contributed by atoms with Crippen LogP contribution in [0.1, 0.15) is 116 Å². The largest absolute Gasteiger partial charge is 0.496 e. The van der Waals surface area contributed by atoms with Gasteiger partial charge >= 0.3 is 0 Å². The Morgan fingerprint density at radius 3 is 0.702 bits per heavy atom. The van der Waals surface area contributed by atoms with Crippen LogP contribution in [0.5, 0.6) is 11.5 Å². The molecule has 0 amide bonds. The Bertz CT molecular complexity index is 1020. The summed E-state index contributed by atoms with van der Waals surface area (Å²) in [4.78, 5) is 0. The van der Waals surface area contributed by atoms with Crippen molar-refractivity contribution in [3.05, 3.63) is 57.6 Å². The Balaban J connectivity index is 0.000000684. The first-order valence-corrected chi connectivity index (χ1v) is 16.7. The summed E-state index contributed by atoms with van der Waals surface area (Å²) in [7, 11) is 10.2. The zero-order chi connectivity index (χ0) is 37.0. The molecule has 2 aromatic carbocycles. The molecule has 2 aromatic rings. The Kier molecular flexibility index (Phi) is 17.8. The van der Waals surface area contributed by atoms with E-state index < -0.39 is 0 Å². The molecule has 0 N–H and O–H groups in total. The van der Waals surface area contributed by atoms with Crippen LogP contribution in [-0.2, 0) is 40.6 Å². The second-order valence-electron chi connectivity index (χ2n) is 17.0. The highest BCUT2D eigenvalue weighted by Crippen LogP contribution is 2.41. The number of rotatable bonds is 10. The summed E-state index contributed by atoms with van der Waals surface area (Å²) in [6, 6.07) is 8.98. The fourth-order valence-corrected chi connectivity index (χ4v) is 5.69. The van der Waals surface area contributed by atoms with Gasteiger partial charge in [-0.3, -0.25) is 0 Å². The van der Waals surface area contributed by atoms with Gasteiger partial charge in [0.25, 0.3) is 0 Å². The van der Waals surface area contributed by atoms with Gasteiger partial charge in [0.2, 0.25) is 0 Å². The number of benzene rings is 2. The molecule has 0 spiro atoms. The molecular weight excluding hydrogens is 588 g/mol. The van der Waals surface area contributed by atoms with Crippen LogP contribution in [0.4, 0.5) is 0 Å². The maximum absolute atomic E-state index is 5.68. The van der Waals surface area contributed by atoms with Gasteiger partial charge in [-0.1, -0.05) is 118 Å². The van der Waals surface area contributed by atoms with Crippen LogP contribution in [0.3, 0.4) is 0 Å². The first-order valence-electron chi connectivity index (χ1n) is 16.7. The molecule has 0 aliphatic rings. The Labute approximate surface area is 290 Å². The highest BCUT2D eigenvalue weighted by molar-refractivity contribution is 5.51. The summed E-state index contributed by atoms with van der Waals surface area (Å²) >= 11 is 0. The minimum Gasteiger partial charge on any atom is -0.496 e. The minimum absolute atomic E-state index is 0.108. The van der Waals surface area contributed by atoms with Crippen LogP contribution in [-0.4, -0.2) is 69.1 Å². The summed E-state index contributed by atoms with van der Waals surface area (Å²) in [6.45, 7) is 33.4. The van der Waals surface area contributed by atoms with E-state index in [4.69, 9.17) is 28.4 Å². The van der Waals surface area contributed by atoms with Gasteiger partial charge < -0.3 is 28.4 Å². The second kappa shape index (κ2) is 18.6. The van der Waals surface area contributed by atoms with Crippen molar-refractivity contribution in [2.45, 2.75) is 119 Å². The molecule has 0 saturated heterocycles. The van der Waals surface area contributed by atoms with E-state index in [1.165, 1.54) is 33.4 Å². The first-order chi connectivity index (χ1) is 21.4. The third-order valence-corrected chi connectivity index (χ3v) is 7.91. The monoisotopic (exact) mass is 661 g/mol. The van der Waals surface area contributed by atoms with Gasteiger partial charge in [0.05, 0.1) is 46.1 Å². The zero-order valence-corrected chi connectivity index (χ0v) is 34.1. The maximum atomic E-state index is 5.68. The lowest BCUT2D eigenvalue weighted by molar-refractivity contribution is -0.0760. The third-order valence-electron chi connectivity index (χ3n) is 7.91. The van der Waals surface area contributed by atoms with E-state index in [0.29, 0.717) is 26.4 Å². The van der Waals surface area contributed by atoms with Gasteiger partial charge in [-0.15, -0.1) is 0 Å². The highest BCUT2D eigenvalue weighted by atomic mass is 16.5. The predicted octanol–water partition coefficient (Wildman–Crippen LogP) is 9.76. The van der Waals surface area contributed by atoms with Crippen molar-refractivity contribution in [1.82, 2.24) is 0 Å².